The van der Waals surface area contributed by atoms with E-state index in [4.69, 9.17) is 0 Å². The number of hydrogen-bond acceptors (Lipinski definition) is 18. The highest BCUT2D eigenvalue weighted by molar-refractivity contribution is 5.86. The second kappa shape index (κ2) is 39.7. The van der Waals surface area contributed by atoms with Crippen molar-refractivity contribution in [1.82, 2.24) is 44.5 Å². The van der Waals surface area contributed by atoms with Crippen molar-refractivity contribution in [2.45, 2.75) is 451 Å². The molecule has 27 unspecified atom stereocenters. The van der Waals surface area contributed by atoms with Crippen LogP contribution in [0.5, 0.6) is 0 Å². The van der Waals surface area contributed by atoms with Crippen molar-refractivity contribution in [3.05, 3.63) is 0 Å². The van der Waals surface area contributed by atoms with E-state index < -0.39 is 0 Å². The summed E-state index contributed by atoms with van der Waals surface area (Å²) >= 11 is 0. The number of likely N-dealkylation sites (tertiary alicyclic amines) is 8. The molecule has 0 spiro atoms. The van der Waals surface area contributed by atoms with Gasteiger partial charge in [0.15, 0.2) is 0 Å². The third-order valence-corrected chi connectivity index (χ3v) is 34.1. The van der Waals surface area contributed by atoms with Gasteiger partial charge in [0.05, 0.1) is 109 Å². The van der Waals surface area contributed by atoms with E-state index in [0.717, 1.165) is 243 Å². The van der Waals surface area contributed by atoms with Gasteiger partial charge in [-0.3, -0.25) is 43.2 Å². The normalized spacial score (nSPS) is 42.6. The highest BCUT2D eigenvalue weighted by Crippen LogP contribution is 2.61. The van der Waals surface area contributed by atoms with Crippen LogP contribution < -0.4 is 5.32 Å². The predicted molar refractivity (Wildman–Crippen MR) is 461 cm³/mol. The Hall–Kier alpha value is -5.13. The molecule has 23 rings (SSSR count). The molecule has 0 aromatic heterocycles. The van der Waals surface area contributed by atoms with Gasteiger partial charge in [0.25, 0.3) is 0 Å². The summed E-state index contributed by atoms with van der Waals surface area (Å²) in [6.45, 7) is 18.7. The molecule has 22 bridgehead atoms. The van der Waals surface area contributed by atoms with Gasteiger partial charge < -0.3 is 90.5 Å². The molecule has 14 aliphatic carbocycles. The van der Waals surface area contributed by atoms with E-state index in [1.54, 1.807) is 11.9 Å². The Morgan fingerprint density at radius 2 is 0.732 bits per heavy atom. The van der Waals surface area contributed by atoms with Gasteiger partial charge in [0.2, 0.25) is 53.2 Å². The Kier molecular flexibility index (Phi) is 30.3. The molecule has 9 aliphatic heterocycles. The number of likely N-dealkylation sites (N-methyl/N-ethyl adjacent to an activating group) is 2. The Labute approximate surface area is 732 Å². The third kappa shape index (κ3) is 19.7. The van der Waals surface area contributed by atoms with Crippen LogP contribution in [0.2, 0.25) is 0 Å². The fourth-order valence-corrected chi connectivity index (χ4v) is 28.1. The van der Waals surface area contributed by atoms with Crippen molar-refractivity contribution in [3.8, 4) is 0 Å². The first-order chi connectivity index (χ1) is 58.6. The number of hydrogen-bond donors (Lipinski definition) is 10. The predicted octanol–water partition coefficient (Wildman–Crippen LogP) is 7.88. The first kappa shape index (κ1) is 94.0. The van der Waals surface area contributed by atoms with E-state index in [2.05, 4.69) is 29.0 Å². The number of fused-ring (bicyclic) bond motifs is 18. The molecule has 23 fully saturated rings. The molecule has 9 amide bonds. The summed E-state index contributed by atoms with van der Waals surface area (Å²) in [5, 5.41) is 90.7. The van der Waals surface area contributed by atoms with Crippen molar-refractivity contribution in [1.29, 1.82) is 0 Å². The van der Waals surface area contributed by atoms with E-state index in [1.165, 1.54) is 57.8 Å². The first-order valence-electron chi connectivity index (χ1n) is 49.5. The summed E-state index contributed by atoms with van der Waals surface area (Å²) in [7, 11) is 1.79. The summed E-state index contributed by atoms with van der Waals surface area (Å²) in [5.41, 5.74) is -0.00160. The summed E-state index contributed by atoms with van der Waals surface area (Å²) in [5.74, 6) is 6.99. The monoisotopic (exact) mass is 1720 g/mol. The molecule has 27 heteroatoms. The summed E-state index contributed by atoms with van der Waals surface area (Å²) in [4.78, 5) is 122. The largest absolute Gasteiger partial charge is 0.391 e. The molecule has 9 saturated heterocycles. The molecule has 0 aromatic rings. The smallest absolute Gasteiger partial charge is 0.226 e. The zero-order chi connectivity index (χ0) is 88.1. The average Bonchev–Trinajstić information content (AvgIpc) is 1.54. The molecule has 27 atom stereocenters. The molecular weight excluding hydrogens is 1570 g/mol. The quantitative estimate of drug-likeness (QED) is 0.105. The van der Waals surface area contributed by atoms with E-state index in [1.807, 2.05) is 66.0 Å². The average molecular weight is 1730 g/mol. The highest BCUT2D eigenvalue weighted by atomic mass is 16.3. The maximum atomic E-state index is 12.9. The zero-order valence-corrected chi connectivity index (χ0v) is 75.9. The number of nitrogens with one attached hydrogen (secondary N) is 1. The number of carbonyl (C=O) groups excluding carboxylic acids is 9. The number of unbranched alkanes of at least 4 members (excludes halogenated alkanes) is 1. The third-order valence-electron chi connectivity index (χ3n) is 34.1. The van der Waals surface area contributed by atoms with Gasteiger partial charge in [-0.05, 0) is 297 Å². The summed E-state index contributed by atoms with van der Waals surface area (Å²) in [6, 6.07) is 1.70. The topological polar surface area (TPSA) is 374 Å². The molecule has 23 aliphatic rings. The van der Waals surface area contributed by atoms with Crippen LogP contribution in [0.1, 0.15) is 319 Å². The van der Waals surface area contributed by atoms with Crippen LogP contribution in [0.3, 0.4) is 0 Å². The van der Waals surface area contributed by atoms with Crippen molar-refractivity contribution in [3.63, 3.8) is 0 Å². The lowest BCUT2D eigenvalue weighted by atomic mass is 9.52. The van der Waals surface area contributed by atoms with Gasteiger partial charge in [-0.2, -0.15) is 0 Å². The fraction of sp³-hybridized carbons (Fsp3) is 0.906. The van der Waals surface area contributed by atoms with Crippen LogP contribution in [0.4, 0.5) is 0 Å². The number of nitrogens with zero attached hydrogens (tertiary/aromatic N) is 8. The van der Waals surface area contributed by atoms with Crippen molar-refractivity contribution in [2.75, 3.05) is 26.7 Å². The van der Waals surface area contributed by atoms with Gasteiger partial charge >= 0.3 is 0 Å². The second-order valence-corrected chi connectivity index (χ2v) is 43.4. The van der Waals surface area contributed by atoms with Gasteiger partial charge in [-0.15, -0.1) is 0 Å². The molecule has 27 nitrogen and oxygen atoms in total. The number of amides is 9. The van der Waals surface area contributed by atoms with Gasteiger partial charge in [-0.1, -0.05) is 39.5 Å². The van der Waals surface area contributed by atoms with Crippen LogP contribution in [0.25, 0.3) is 0 Å². The lowest BCUT2D eigenvalue weighted by molar-refractivity contribution is -0.154. The van der Waals surface area contributed by atoms with E-state index in [0.29, 0.717) is 23.8 Å². The molecule has 9 heterocycles. The first-order valence-corrected chi connectivity index (χ1v) is 49.5. The minimum atomic E-state index is -0.308. The van der Waals surface area contributed by atoms with Crippen LogP contribution in [0, 0.1) is 71.0 Å². The molecular formula is C96H157N9O18. The molecule has 14 saturated carbocycles. The van der Waals surface area contributed by atoms with Crippen LogP contribution in [-0.4, -0.2) is 297 Å². The maximum Gasteiger partial charge on any atom is 0.226 e. The van der Waals surface area contributed by atoms with Crippen molar-refractivity contribution >= 4 is 53.2 Å². The van der Waals surface area contributed by atoms with Gasteiger partial charge in [0.1, 0.15) is 0 Å². The van der Waals surface area contributed by atoms with Gasteiger partial charge in [-0.25, -0.2) is 0 Å². The molecule has 0 radical (unpaired) electrons. The van der Waals surface area contributed by atoms with Crippen LogP contribution in [0.15, 0.2) is 0 Å². The maximum absolute atomic E-state index is 12.9. The lowest BCUT2D eigenvalue weighted by Crippen LogP contribution is -2.63. The SMILES string of the molecule is CC(C)(C)N1C(=O)C2CCC(O)C1C2.CC(C)N1C(=O)C2CCC(O)C1C2.CCCCN1C(=O)C2CCC(O)C1C2.CCCN1C(=O)C2CCC(O)C1C2.CCN1C(=O)C2CCC(O)C1C2.CN1C(=O)C2CCC(O)C1C2.O=C1C2CCC(O)C(C2)N1C12CC3CC(CC(C3)C1)C2.O=C1C2CCC(O)C(C2)N1C1CCCCC1.O=C1NC2CC1CCC2O. The Bertz CT molecular complexity index is 3650. The summed E-state index contributed by atoms with van der Waals surface area (Å²) in [6.07, 6.45) is 37.9. The second-order valence-electron chi connectivity index (χ2n) is 43.4. The number of aliphatic hydroxyl groups excluding tert-OH is 9. The van der Waals surface area contributed by atoms with Crippen LogP contribution in [-0.2, 0) is 43.2 Å². The van der Waals surface area contributed by atoms with Crippen molar-refractivity contribution in [2.24, 2.45) is 71.0 Å². The number of aliphatic hydroxyl groups is 9. The minimum absolute atomic E-state index is 0.0613. The summed E-state index contributed by atoms with van der Waals surface area (Å²) < 4.78 is 0. The minimum Gasteiger partial charge on any atom is -0.391 e. The van der Waals surface area contributed by atoms with E-state index >= 15 is 0 Å². The molecule has 0 aromatic carbocycles. The lowest BCUT2D eigenvalue weighted by Gasteiger charge is -2.61. The van der Waals surface area contributed by atoms with E-state index in [-0.39, 0.29) is 215 Å². The Balaban J connectivity index is 0.000000114. The molecule has 694 valence electrons. The van der Waals surface area contributed by atoms with Crippen LogP contribution >= 0.6 is 0 Å². The molecule has 123 heavy (non-hydrogen) atoms. The molecule has 10 N–H and O–H groups in total. The highest BCUT2D eigenvalue weighted by Gasteiger charge is 2.62. The number of carbonyl (C=O) groups is 9. The fourth-order valence-electron chi connectivity index (χ4n) is 28.1. The zero-order valence-electron chi connectivity index (χ0n) is 75.9. The van der Waals surface area contributed by atoms with E-state index in [9.17, 15) is 89.1 Å². The Morgan fingerprint density at radius 1 is 0.358 bits per heavy atom. The Morgan fingerprint density at radius 3 is 1.21 bits per heavy atom. The standard InChI is InChI=1S/C17H25NO2.C13H21NO2.2C11H19NO2.2C10H17NO2.C9H15NO2.C8H13NO2.C7H11NO2/c19-15-2-1-13-6-14(15)18(16(13)20)17-7-10-3-11(8-17)5-12(4-10)9-17;15-12-7-6-9-8-11(12)14(13(9)16)10-4-2-1-3-5-10;1-11(2,3)12-8-6-7(10(12)14)4-5-9(8)13;1-2-3-6-12-9-7-8(11(12)14)4-5-10(9)13;1-6(2)11-8-5-7(10(11)13)3-4-9(8)12;1-2-5-11-8-6-7(10(11)13)3-4-9(8)12;1-2-10-7-5-6(9(10)12)3-4-8(7)11;1-9-6-4-5(8(9)11)2-3-7(6)10;9-6-2-1-4-3-5(6)8-7(4)10/h10-15,19H,1-9H2;9-12,15H,1-8H2;7-9,13H,4-6H2,1-3H3;8-10,13H,2-7H2,1H3;6-9,12H,3-5H2,1-2H3;7-9,12H,2-6H2,1H3;6-8,11H,2-5H2,1H3;5-7,10H,2-4H2,1H3;4-6,9H,1-3H2,(H,8,10). The van der Waals surface area contributed by atoms with Crippen molar-refractivity contribution < 1.29 is 89.1 Å². The number of rotatable bonds is 9. The van der Waals surface area contributed by atoms with Gasteiger partial charge in [0, 0.05) is 103 Å².